The highest BCUT2D eigenvalue weighted by Gasteiger charge is 2.23. The lowest BCUT2D eigenvalue weighted by Gasteiger charge is -2.16. The average molecular weight is 377 g/mol. The molecule has 1 saturated carbocycles. The van der Waals surface area contributed by atoms with Gasteiger partial charge in [0.2, 0.25) is 5.91 Å². The number of benzene rings is 2. The molecule has 2 aromatic carbocycles. The first-order chi connectivity index (χ1) is 13.6. The van der Waals surface area contributed by atoms with Gasteiger partial charge in [0, 0.05) is 12.0 Å². The second kappa shape index (κ2) is 7.46. The van der Waals surface area contributed by atoms with Crippen molar-refractivity contribution in [2.24, 2.45) is 5.92 Å². The van der Waals surface area contributed by atoms with Crippen LogP contribution in [0.15, 0.2) is 47.3 Å². The molecule has 0 bridgehead atoms. The lowest BCUT2D eigenvalue weighted by molar-refractivity contribution is -0.119. The van der Waals surface area contributed by atoms with E-state index < -0.39 is 0 Å². The first kappa shape index (κ1) is 18.2. The zero-order valence-corrected chi connectivity index (χ0v) is 16.1. The number of para-hydroxylation sites is 1. The number of fused-ring (bicyclic) bond motifs is 1. The number of ether oxygens (including phenoxy) is 1. The van der Waals surface area contributed by atoms with E-state index in [2.05, 4.69) is 10.3 Å². The summed E-state index contributed by atoms with van der Waals surface area (Å²) < 4.78 is 7.05. The molecule has 1 aliphatic carbocycles. The predicted octanol–water partition coefficient (Wildman–Crippen LogP) is 3.83. The number of aryl methyl sites for hydroxylation is 1. The molecule has 0 atom stereocenters. The average Bonchev–Trinajstić information content (AvgIpc) is 3.24. The van der Waals surface area contributed by atoms with Gasteiger partial charge in [0.05, 0.1) is 29.4 Å². The van der Waals surface area contributed by atoms with Gasteiger partial charge in [-0.2, -0.15) is 0 Å². The molecule has 1 aliphatic rings. The summed E-state index contributed by atoms with van der Waals surface area (Å²) in [6.45, 7) is 1.80. The summed E-state index contributed by atoms with van der Waals surface area (Å²) in [5, 5.41) is 3.53. The number of nitrogens with one attached hydrogen (secondary N) is 1. The topological polar surface area (TPSA) is 73.2 Å². The Morgan fingerprint density at radius 2 is 1.93 bits per heavy atom. The van der Waals surface area contributed by atoms with Crippen LogP contribution in [-0.4, -0.2) is 22.6 Å². The minimum absolute atomic E-state index is 0.0317. The molecule has 4 rings (SSSR count). The molecule has 1 heterocycles. The number of hydrogen-bond acceptors (Lipinski definition) is 4. The van der Waals surface area contributed by atoms with E-state index in [1.807, 2.05) is 18.2 Å². The number of rotatable bonds is 4. The fraction of sp³-hybridized carbons (Fsp3) is 0.318. The molecule has 0 aliphatic heterocycles. The standard InChI is InChI=1S/C22H23N3O3/c1-14-23-18-10-6-5-9-17(18)22(27)25(14)16-11-12-19(20(13-16)28-2)24-21(26)15-7-3-4-8-15/h5-6,9-13,15H,3-4,7-8H2,1-2H3,(H,24,26). The Kier molecular flexibility index (Phi) is 4.86. The zero-order valence-electron chi connectivity index (χ0n) is 16.1. The van der Waals surface area contributed by atoms with Gasteiger partial charge in [-0.15, -0.1) is 0 Å². The third kappa shape index (κ3) is 3.26. The Balaban J connectivity index is 1.73. The lowest BCUT2D eigenvalue weighted by atomic mass is 10.1. The lowest BCUT2D eigenvalue weighted by Crippen LogP contribution is -2.23. The molecule has 28 heavy (non-hydrogen) atoms. The maximum Gasteiger partial charge on any atom is 0.265 e. The first-order valence-corrected chi connectivity index (χ1v) is 9.56. The second-order valence-electron chi connectivity index (χ2n) is 7.17. The van der Waals surface area contributed by atoms with Crippen LogP contribution < -0.4 is 15.6 Å². The van der Waals surface area contributed by atoms with Crippen LogP contribution in [0.5, 0.6) is 5.75 Å². The maximum absolute atomic E-state index is 13.0. The largest absolute Gasteiger partial charge is 0.494 e. The number of carbonyl (C=O) groups is 1. The number of carbonyl (C=O) groups excluding carboxylic acids is 1. The number of amides is 1. The monoisotopic (exact) mass is 377 g/mol. The quantitative estimate of drug-likeness (QED) is 0.750. The van der Waals surface area contributed by atoms with E-state index >= 15 is 0 Å². The van der Waals surface area contributed by atoms with Crippen molar-refractivity contribution in [3.63, 3.8) is 0 Å². The van der Waals surface area contributed by atoms with Crippen LogP contribution in [-0.2, 0) is 4.79 Å². The molecular weight excluding hydrogens is 354 g/mol. The Hall–Kier alpha value is -3.15. The molecule has 1 amide bonds. The van der Waals surface area contributed by atoms with Gasteiger partial charge in [0.25, 0.3) is 5.56 Å². The van der Waals surface area contributed by atoms with Crippen LogP contribution in [0.2, 0.25) is 0 Å². The van der Waals surface area contributed by atoms with Crippen LogP contribution in [0, 0.1) is 12.8 Å². The number of hydrogen-bond donors (Lipinski definition) is 1. The molecular formula is C22H23N3O3. The smallest absolute Gasteiger partial charge is 0.265 e. The van der Waals surface area contributed by atoms with Crippen molar-refractivity contribution in [1.29, 1.82) is 0 Å². The zero-order chi connectivity index (χ0) is 19.7. The molecule has 1 aromatic heterocycles. The number of aromatic nitrogens is 2. The summed E-state index contributed by atoms with van der Waals surface area (Å²) in [7, 11) is 1.55. The van der Waals surface area contributed by atoms with E-state index in [1.54, 1.807) is 42.9 Å². The third-order valence-corrected chi connectivity index (χ3v) is 5.37. The molecule has 3 aromatic rings. The summed E-state index contributed by atoms with van der Waals surface area (Å²) >= 11 is 0. The van der Waals surface area contributed by atoms with Crippen LogP contribution in [0.4, 0.5) is 5.69 Å². The molecule has 144 valence electrons. The van der Waals surface area contributed by atoms with Crippen molar-refractivity contribution in [2.45, 2.75) is 32.6 Å². The van der Waals surface area contributed by atoms with E-state index in [0.717, 1.165) is 25.7 Å². The van der Waals surface area contributed by atoms with Crippen LogP contribution in [0.25, 0.3) is 16.6 Å². The van der Waals surface area contributed by atoms with Crippen LogP contribution in [0.3, 0.4) is 0 Å². The Morgan fingerprint density at radius 1 is 1.18 bits per heavy atom. The maximum atomic E-state index is 13.0. The number of anilines is 1. The fourth-order valence-corrected chi connectivity index (χ4v) is 3.89. The van der Waals surface area contributed by atoms with Gasteiger partial charge in [0.15, 0.2) is 0 Å². The van der Waals surface area contributed by atoms with Crippen molar-refractivity contribution in [1.82, 2.24) is 9.55 Å². The minimum atomic E-state index is -0.132. The second-order valence-corrected chi connectivity index (χ2v) is 7.17. The molecule has 6 heteroatoms. The van der Waals surface area contributed by atoms with Crippen molar-refractivity contribution in [3.05, 3.63) is 58.6 Å². The van der Waals surface area contributed by atoms with Gasteiger partial charge in [0.1, 0.15) is 11.6 Å². The van der Waals surface area contributed by atoms with E-state index in [4.69, 9.17) is 4.74 Å². The van der Waals surface area contributed by atoms with Gasteiger partial charge < -0.3 is 10.1 Å². The van der Waals surface area contributed by atoms with Crippen molar-refractivity contribution >= 4 is 22.5 Å². The van der Waals surface area contributed by atoms with E-state index in [1.165, 1.54) is 0 Å². The SMILES string of the molecule is COc1cc(-n2c(C)nc3ccccc3c2=O)ccc1NC(=O)C1CCCC1. The van der Waals surface area contributed by atoms with Gasteiger partial charge >= 0.3 is 0 Å². The summed E-state index contributed by atoms with van der Waals surface area (Å²) in [5.74, 6) is 1.21. The number of methoxy groups -OCH3 is 1. The van der Waals surface area contributed by atoms with Gasteiger partial charge in [-0.3, -0.25) is 14.2 Å². The molecule has 0 radical (unpaired) electrons. The first-order valence-electron chi connectivity index (χ1n) is 9.56. The molecule has 0 saturated heterocycles. The minimum Gasteiger partial charge on any atom is -0.494 e. The Labute approximate surface area is 163 Å². The predicted molar refractivity (Wildman–Crippen MR) is 109 cm³/mol. The van der Waals surface area contributed by atoms with Crippen molar-refractivity contribution < 1.29 is 9.53 Å². The molecule has 6 nitrogen and oxygen atoms in total. The highest BCUT2D eigenvalue weighted by atomic mass is 16.5. The van der Waals surface area contributed by atoms with E-state index in [9.17, 15) is 9.59 Å². The fourth-order valence-electron chi connectivity index (χ4n) is 3.89. The van der Waals surface area contributed by atoms with E-state index in [0.29, 0.717) is 33.9 Å². The summed E-state index contributed by atoms with van der Waals surface area (Å²) in [6, 6.07) is 12.6. The Bertz CT molecular complexity index is 1100. The van der Waals surface area contributed by atoms with Gasteiger partial charge in [-0.25, -0.2) is 4.98 Å². The van der Waals surface area contributed by atoms with Crippen LogP contribution in [0.1, 0.15) is 31.5 Å². The molecule has 1 fully saturated rings. The van der Waals surface area contributed by atoms with Crippen LogP contribution >= 0.6 is 0 Å². The van der Waals surface area contributed by atoms with Gasteiger partial charge in [-0.1, -0.05) is 25.0 Å². The summed E-state index contributed by atoms with van der Waals surface area (Å²) in [5.41, 5.74) is 1.81. The Morgan fingerprint density at radius 3 is 2.68 bits per heavy atom. The van der Waals surface area contributed by atoms with Crippen molar-refractivity contribution in [3.8, 4) is 11.4 Å². The highest BCUT2D eigenvalue weighted by molar-refractivity contribution is 5.94. The van der Waals surface area contributed by atoms with E-state index in [-0.39, 0.29) is 17.4 Å². The number of nitrogens with zero attached hydrogens (tertiary/aromatic N) is 2. The normalized spacial score (nSPS) is 14.4. The molecule has 0 spiro atoms. The molecule has 0 unspecified atom stereocenters. The van der Waals surface area contributed by atoms with Gasteiger partial charge in [-0.05, 0) is 44.0 Å². The molecule has 1 N–H and O–H groups in total. The third-order valence-electron chi connectivity index (χ3n) is 5.37. The summed E-state index contributed by atoms with van der Waals surface area (Å²) in [6.07, 6.45) is 4.07. The van der Waals surface area contributed by atoms with Crippen molar-refractivity contribution in [2.75, 3.05) is 12.4 Å². The highest BCUT2D eigenvalue weighted by Crippen LogP contribution is 2.30. The summed E-state index contributed by atoms with van der Waals surface area (Å²) in [4.78, 5) is 30.0.